The first-order valence-corrected chi connectivity index (χ1v) is 9.00. The van der Waals surface area contributed by atoms with E-state index in [4.69, 9.17) is 0 Å². The lowest BCUT2D eigenvalue weighted by atomic mass is 10.2. The minimum absolute atomic E-state index is 0.376. The molecule has 0 saturated carbocycles. The van der Waals surface area contributed by atoms with Gasteiger partial charge in [0.25, 0.3) is 0 Å². The number of carbonyl (C=O) groups excluding carboxylic acids is 1. The van der Waals surface area contributed by atoms with Crippen LogP contribution < -0.4 is 10.7 Å². The highest BCUT2D eigenvalue weighted by atomic mass is 32.2. The summed E-state index contributed by atoms with van der Waals surface area (Å²) in [5, 5.41) is 6.67. The maximum Gasteiger partial charge on any atom is 0.339 e. The summed E-state index contributed by atoms with van der Waals surface area (Å²) in [6.45, 7) is 2.08. The topological polar surface area (TPSA) is 53.5 Å². The third-order valence-electron chi connectivity index (χ3n) is 3.55. The van der Waals surface area contributed by atoms with Crippen molar-refractivity contribution in [3.63, 3.8) is 0 Å². The predicted octanol–water partition coefficient (Wildman–Crippen LogP) is 5.30. The fourth-order valence-corrected chi connectivity index (χ4v) is 3.03. The molecule has 2 amide bonds. The Hall–Kier alpha value is -3.05. The summed E-state index contributed by atoms with van der Waals surface area (Å²) in [6, 6.07) is 25.3. The standard InChI is InChI=1S/C21H19N3OS/c1-16-7-11-19(12-8-16)26-20-13-9-17(10-14-20)15-22-24-21(25)23-18-5-3-2-4-6-18/h2-15H,1H3,(H2,23,24,25)/b22-15+. The molecule has 0 aliphatic carbocycles. The first-order valence-electron chi connectivity index (χ1n) is 8.19. The van der Waals surface area contributed by atoms with Crippen molar-refractivity contribution in [3.05, 3.63) is 90.0 Å². The third-order valence-corrected chi connectivity index (χ3v) is 4.56. The molecule has 0 aromatic heterocycles. The molecule has 0 atom stereocenters. The smallest absolute Gasteiger partial charge is 0.307 e. The quantitative estimate of drug-likeness (QED) is 0.478. The summed E-state index contributed by atoms with van der Waals surface area (Å²) in [5.41, 5.74) is 5.34. The second kappa shape index (κ2) is 8.87. The van der Waals surface area contributed by atoms with Crippen LogP contribution in [-0.2, 0) is 0 Å². The normalized spacial score (nSPS) is 10.7. The number of urea groups is 1. The SMILES string of the molecule is Cc1ccc(Sc2ccc(/C=N/NC(=O)Nc3ccccc3)cc2)cc1. The van der Waals surface area contributed by atoms with Gasteiger partial charge in [-0.1, -0.05) is 59.8 Å². The number of hydrazone groups is 1. The number of benzene rings is 3. The van der Waals surface area contributed by atoms with E-state index < -0.39 is 0 Å². The minimum Gasteiger partial charge on any atom is -0.307 e. The number of aryl methyl sites for hydroxylation is 1. The summed E-state index contributed by atoms with van der Waals surface area (Å²) in [6.07, 6.45) is 1.62. The number of anilines is 1. The van der Waals surface area contributed by atoms with Crippen molar-refractivity contribution >= 4 is 29.7 Å². The molecule has 0 spiro atoms. The van der Waals surface area contributed by atoms with Gasteiger partial charge in [0.2, 0.25) is 0 Å². The third kappa shape index (κ3) is 5.50. The Morgan fingerprint density at radius 3 is 2.15 bits per heavy atom. The summed E-state index contributed by atoms with van der Waals surface area (Å²) in [4.78, 5) is 14.1. The number of hydrogen-bond acceptors (Lipinski definition) is 3. The fraction of sp³-hybridized carbons (Fsp3) is 0.0476. The van der Waals surface area contributed by atoms with Crippen LogP contribution in [0, 0.1) is 6.92 Å². The number of nitrogens with one attached hydrogen (secondary N) is 2. The molecule has 5 heteroatoms. The Bertz CT molecular complexity index is 875. The van der Waals surface area contributed by atoms with Crippen LogP contribution in [0.2, 0.25) is 0 Å². The monoisotopic (exact) mass is 361 g/mol. The highest BCUT2D eigenvalue weighted by molar-refractivity contribution is 7.99. The Labute approximate surface area is 157 Å². The van der Waals surface area contributed by atoms with Gasteiger partial charge in [-0.15, -0.1) is 0 Å². The molecule has 0 saturated heterocycles. The van der Waals surface area contributed by atoms with Gasteiger partial charge in [0, 0.05) is 15.5 Å². The van der Waals surface area contributed by atoms with Gasteiger partial charge in [-0.05, 0) is 48.9 Å². The number of carbonyl (C=O) groups is 1. The van der Waals surface area contributed by atoms with Gasteiger partial charge in [0.15, 0.2) is 0 Å². The lowest BCUT2D eigenvalue weighted by Gasteiger charge is -2.04. The van der Waals surface area contributed by atoms with Crippen molar-refractivity contribution in [1.82, 2.24) is 5.43 Å². The van der Waals surface area contributed by atoms with Gasteiger partial charge < -0.3 is 5.32 Å². The highest BCUT2D eigenvalue weighted by Gasteiger charge is 1.99. The van der Waals surface area contributed by atoms with Crippen molar-refractivity contribution in [2.45, 2.75) is 16.7 Å². The average Bonchev–Trinajstić information content (AvgIpc) is 2.66. The summed E-state index contributed by atoms with van der Waals surface area (Å²) in [7, 11) is 0. The van der Waals surface area contributed by atoms with Crippen molar-refractivity contribution in [2.24, 2.45) is 5.10 Å². The number of nitrogens with zero attached hydrogens (tertiary/aromatic N) is 1. The van der Waals surface area contributed by atoms with E-state index in [0.29, 0.717) is 0 Å². The summed E-state index contributed by atoms with van der Waals surface area (Å²) >= 11 is 1.71. The molecule has 2 N–H and O–H groups in total. The molecule has 0 fully saturated rings. The Balaban J connectivity index is 1.51. The molecule has 0 unspecified atom stereocenters. The second-order valence-electron chi connectivity index (χ2n) is 5.67. The van der Waals surface area contributed by atoms with Crippen LogP contribution >= 0.6 is 11.8 Å². The van der Waals surface area contributed by atoms with Crippen LogP contribution in [0.1, 0.15) is 11.1 Å². The van der Waals surface area contributed by atoms with Crippen LogP contribution in [0.15, 0.2) is 93.8 Å². The zero-order valence-electron chi connectivity index (χ0n) is 14.3. The first-order chi connectivity index (χ1) is 12.7. The molecule has 26 heavy (non-hydrogen) atoms. The van der Waals surface area contributed by atoms with E-state index in [-0.39, 0.29) is 6.03 Å². The van der Waals surface area contributed by atoms with Gasteiger partial charge in [-0.25, -0.2) is 10.2 Å². The van der Waals surface area contributed by atoms with Gasteiger partial charge in [-0.2, -0.15) is 5.10 Å². The van der Waals surface area contributed by atoms with Crippen LogP contribution in [0.3, 0.4) is 0 Å². The molecule has 130 valence electrons. The number of para-hydroxylation sites is 1. The van der Waals surface area contributed by atoms with E-state index in [1.165, 1.54) is 10.5 Å². The summed E-state index contributed by atoms with van der Waals surface area (Å²) in [5.74, 6) is 0. The molecule has 0 aliphatic rings. The fourth-order valence-electron chi connectivity index (χ4n) is 2.21. The average molecular weight is 361 g/mol. The van der Waals surface area contributed by atoms with Crippen LogP contribution in [-0.4, -0.2) is 12.2 Å². The zero-order valence-corrected chi connectivity index (χ0v) is 15.2. The largest absolute Gasteiger partial charge is 0.339 e. The van der Waals surface area contributed by atoms with E-state index in [0.717, 1.165) is 16.1 Å². The van der Waals surface area contributed by atoms with Gasteiger partial charge in [0.1, 0.15) is 0 Å². The molecule has 0 bridgehead atoms. The maximum absolute atomic E-state index is 11.7. The number of hydrogen-bond donors (Lipinski definition) is 2. The van der Waals surface area contributed by atoms with Crippen LogP contribution in [0.25, 0.3) is 0 Å². The molecule has 3 aromatic carbocycles. The Kier molecular flexibility index (Phi) is 6.06. The molecule has 0 radical (unpaired) electrons. The lowest BCUT2D eigenvalue weighted by molar-refractivity contribution is 0.252. The summed E-state index contributed by atoms with van der Waals surface area (Å²) < 4.78 is 0. The Morgan fingerprint density at radius 1 is 0.885 bits per heavy atom. The van der Waals surface area contributed by atoms with Crippen LogP contribution in [0.4, 0.5) is 10.5 Å². The van der Waals surface area contributed by atoms with Crippen LogP contribution in [0.5, 0.6) is 0 Å². The van der Waals surface area contributed by atoms with E-state index in [2.05, 4.69) is 47.0 Å². The molecule has 4 nitrogen and oxygen atoms in total. The highest BCUT2D eigenvalue weighted by Crippen LogP contribution is 2.27. The van der Waals surface area contributed by atoms with Crippen molar-refractivity contribution in [2.75, 3.05) is 5.32 Å². The van der Waals surface area contributed by atoms with Crippen molar-refractivity contribution in [1.29, 1.82) is 0 Å². The molecule has 0 aliphatic heterocycles. The van der Waals surface area contributed by atoms with Gasteiger partial charge in [-0.3, -0.25) is 0 Å². The molecule has 3 rings (SSSR count). The van der Waals surface area contributed by atoms with Gasteiger partial charge >= 0.3 is 6.03 Å². The first kappa shape index (κ1) is 17.8. The minimum atomic E-state index is -0.376. The Morgan fingerprint density at radius 2 is 1.50 bits per heavy atom. The van der Waals surface area contributed by atoms with Gasteiger partial charge in [0.05, 0.1) is 6.21 Å². The van der Waals surface area contributed by atoms with E-state index in [9.17, 15) is 4.79 Å². The molecule has 3 aromatic rings. The number of amides is 2. The van der Waals surface area contributed by atoms with Crippen molar-refractivity contribution < 1.29 is 4.79 Å². The second-order valence-corrected chi connectivity index (χ2v) is 6.82. The maximum atomic E-state index is 11.7. The van der Waals surface area contributed by atoms with E-state index >= 15 is 0 Å². The van der Waals surface area contributed by atoms with E-state index in [1.807, 2.05) is 54.6 Å². The zero-order chi connectivity index (χ0) is 18.2. The van der Waals surface area contributed by atoms with E-state index in [1.54, 1.807) is 18.0 Å². The predicted molar refractivity (Wildman–Crippen MR) is 108 cm³/mol. The molecular formula is C21H19N3OS. The number of rotatable bonds is 5. The molecule has 0 heterocycles. The lowest BCUT2D eigenvalue weighted by Crippen LogP contribution is -2.24. The van der Waals surface area contributed by atoms with Crippen molar-refractivity contribution in [3.8, 4) is 0 Å². The molecular weight excluding hydrogens is 342 g/mol.